The lowest BCUT2D eigenvalue weighted by Gasteiger charge is -2.23. The Bertz CT molecular complexity index is 3960. The molecule has 69 heavy (non-hydrogen) atoms. The van der Waals surface area contributed by atoms with Crippen LogP contribution < -0.4 is 5.32 Å². The maximum absolute atomic E-state index is 5.41. The Morgan fingerprint density at radius 2 is 0.841 bits per heavy atom. The van der Waals surface area contributed by atoms with E-state index in [1.165, 1.54) is 25.7 Å². The maximum Gasteiger partial charge on any atom is 0.159 e. The lowest BCUT2D eigenvalue weighted by Crippen LogP contribution is -2.33. The van der Waals surface area contributed by atoms with Crippen LogP contribution in [0.15, 0.2) is 247 Å². The van der Waals surface area contributed by atoms with E-state index in [2.05, 4.69) is 199 Å². The number of nitrogens with one attached hydrogen (secondary N) is 1. The van der Waals surface area contributed by atoms with Gasteiger partial charge in [0.1, 0.15) is 12.0 Å². The molecule has 0 spiro atoms. The lowest BCUT2D eigenvalue weighted by molar-refractivity contribution is 0.674. The van der Waals surface area contributed by atoms with Crippen molar-refractivity contribution in [1.29, 1.82) is 0 Å². The molecule has 0 radical (unpaired) electrons. The fourth-order valence-corrected chi connectivity index (χ4v) is 10.6. The number of hydrogen-bond acceptors (Lipinski definition) is 6. The average Bonchev–Trinajstić information content (AvgIpc) is 3.81. The number of fused-ring (bicyclic) bond motifs is 6. The summed E-state index contributed by atoms with van der Waals surface area (Å²) in [4.78, 5) is 20.6. The van der Waals surface area contributed by atoms with Gasteiger partial charge in [0.05, 0.1) is 22.4 Å². The van der Waals surface area contributed by atoms with Crippen LogP contribution in [0.1, 0.15) is 22.9 Å². The van der Waals surface area contributed by atoms with E-state index in [1.807, 2.05) is 53.8 Å². The minimum Gasteiger partial charge on any atom is -0.344 e. The number of nitrogens with zero attached hydrogens (tertiary/aromatic N) is 4. The molecule has 324 valence electrons. The number of rotatable bonds is 8. The molecule has 1 aliphatic rings. The van der Waals surface area contributed by atoms with Gasteiger partial charge in [-0.1, -0.05) is 194 Å². The third-order valence-electron chi connectivity index (χ3n) is 13.1. The van der Waals surface area contributed by atoms with Gasteiger partial charge in [-0.15, -0.1) is 11.3 Å². The van der Waals surface area contributed by atoms with Crippen LogP contribution >= 0.6 is 11.3 Å². The summed E-state index contributed by atoms with van der Waals surface area (Å²) in [6, 6.07) is 83.7. The fourth-order valence-electron chi connectivity index (χ4n) is 9.50. The van der Waals surface area contributed by atoms with E-state index in [9.17, 15) is 0 Å². The van der Waals surface area contributed by atoms with E-state index in [4.69, 9.17) is 20.0 Å². The predicted octanol–water partition coefficient (Wildman–Crippen LogP) is 16.0. The van der Waals surface area contributed by atoms with Crippen LogP contribution in [0.2, 0.25) is 0 Å². The van der Waals surface area contributed by atoms with Crippen molar-refractivity contribution in [3.63, 3.8) is 0 Å². The van der Waals surface area contributed by atoms with Crippen LogP contribution in [0.3, 0.4) is 0 Å². The first-order valence-electron chi connectivity index (χ1n) is 23.2. The fraction of sp³-hybridized carbons (Fsp3) is 0.0159. The Labute approximate surface area is 403 Å². The van der Waals surface area contributed by atoms with Crippen LogP contribution in [-0.2, 0) is 0 Å². The van der Waals surface area contributed by atoms with Gasteiger partial charge in [-0.3, -0.25) is 0 Å². The van der Waals surface area contributed by atoms with Gasteiger partial charge in [0.2, 0.25) is 0 Å². The third-order valence-corrected chi connectivity index (χ3v) is 14.3. The molecule has 3 aromatic heterocycles. The first-order valence-corrected chi connectivity index (χ1v) is 24.0. The van der Waals surface area contributed by atoms with E-state index in [1.54, 1.807) is 0 Å². The van der Waals surface area contributed by atoms with Crippen molar-refractivity contribution in [2.45, 2.75) is 6.17 Å². The zero-order valence-corrected chi connectivity index (χ0v) is 38.1. The molecule has 5 nitrogen and oxygen atoms in total. The number of thiophene rings is 1. The zero-order chi connectivity index (χ0) is 45.7. The molecule has 0 amide bonds. The van der Waals surface area contributed by atoms with Crippen LogP contribution in [0.25, 0.3) is 97.9 Å². The molecule has 0 bridgehead atoms. The molecule has 1 unspecified atom stereocenters. The van der Waals surface area contributed by atoms with E-state index in [-0.39, 0.29) is 6.17 Å². The van der Waals surface area contributed by atoms with Crippen molar-refractivity contribution in [2.75, 3.05) is 0 Å². The van der Waals surface area contributed by atoms with E-state index in [0.717, 1.165) is 94.7 Å². The monoisotopic (exact) mass is 899 g/mol. The summed E-state index contributed by atoms with van der Waals surface area (Å²) in [5, 5.41) is 8.31. The summed E-state index contributed by atoms with van der Waals surface area (Å²) < 4.78 is 2.58. The van der Waals surface area contributed by atoms with Gasteiger partial charge < -0.3 is 5.32 Å². The summed E-state index contributed by atoms with van der Waals surface area (Å²) in [6.45, 7) is 0. The van der Waals surface area contributed by atoms with E-state index >= 15 is 0 Å². The zero-order valence-electron chi connectivity index (χ0n) is 37.3. The van der Waals surface area contributed by atoms with Crippen LogP contribution in [0.5, 0.6) is 0 Å². The van der Waals surface area contributed by atoms with Gasteiger partial charge in [0, 0.05) is 53.2 Å². The van der Waals surface area contributed by atoms with Crippen LogP contribution in [0.4, 0.5) is 0 Å². The third kappa shape index (κ3) is 7.73. The molecule has 0 fully saturated rings. The molecule has 0 saturated heterocycles. The number of amidine groups is 2. The van der Waals surface area contributed by atoms with Gasteiger partial charge in [-0.2, -0.15) is 0 Å². The van der Waals surface area contributed by atoms with E-state index < -0.39 is 0 Å². The molecule has 1 aliphatic heterocycles. The Kier molecular flexibility index (Phi) is 10.0. The molecular weight excluding hydrogens is 859 g/mol. The highest BCUT2D eigenvalue weighted by molar-refractivity contribution is 7.25. The van der Waals surface area contributed by atoms with Crippen molar-refractivity contribution < 1.29 is 0 Å². The molecule has 13 rings (SSSR count). The van der Waals surface area contributed by atoms with Crippen molar-refractivity contribution >= 4 is 65.0 Å². The highest BCUT2D eigenvalue weighted by atomic mass is 32.1. The molecule has 6 heteroatoms. The number of pyridine rings is 2. The van der Waals surface area contributed by atoms with Crippen molar-refractivity contribution in [2.24, 2.45) is 9.98 Å². The molecule has 0 aliphatic carbocycles. The predicted molar refractivity (Wildman–Crippen MR) is 289 cm³/mol. The Morgan fingerprint density at radius 1 is 0.348 bits per heavy atom. The second kappa shape index (κ2) is 17.1. The molecule has 12 aromatic rings. The van der Waals surface area contributed by atoms with Gasteiger partial charge in [0.25, 0.3) is 0 Å². The second-order valence-corrected chi connectivity index (χ2v) is 18.6. The van der Waals surface area contributed by atoms with Crippen molar-refractivity contribution in [1.82, 2.24) is 15.3 Å². The smallest absolute Gasteiger partial charge is 0.159 e. The topological polar surface area (TPSA) is 62.5 Å². The van der Waals surface area contributed by atoms with Crippen molar-refractivity contribution in [3.05, 3.63) is 253 Å². The molecule has 1 atom stereocenters. The normalized spacial score (nSPS) is 13.7. The Morgan fingerprint density at radius 3 is 1.51 bits per heavy atom. The quantitative estimate of drug-likeness (QED) is 0.155. The minimum absolute atomic E-state index is 0.288. The van der Waals surface area contributed by atoms with Gasteiger partial charge in [-0.05, 0) is 81.4 Å². The highest BCUT2D eigenvalue weighted by Gasteiger charge is 2.21. The molecule has 0 saturated carbocycles. The maximum atomic E-state index is 5.41. The Hall–Kier alpha value is -8.84. The first-order chi connectivity index (χ1) is 34.1. The molecule has 4 heterocycles. The number of hydrogen-bond donors (Lipinski definition) is 1. The summed E-state index contributed by atoms with van der Waals surface area (Å²) in [5.41, 5.74) is 15.7. The summed E-state index contributed by atoms with van der Waals surface area (Å²) in [5.74, 6) is 1.52. The lowest BCUT2D eigenvalue weighted by atomic mass is 9.93. The SMILES string of the molecule is c1ccc(C2=NC(c3ccc(-c4ccc(-c5cc(-c6ccc7c(c6)sc6ccccc67)cc(-c6ccc7ccc8ccc(-c9ccccc9)nc8c7n6)c5)cc4)cc3)NC(c3ccccc3)=N2)cc1. The van der Waals surface area contributed by atoms with Gasteiger partial charge >= 0.3 is 0 Å². The highest BCUT2D eigenvalue weighted by Crippen LogP contribution is 2.39. The van der Waals surface area contributed by atoms with Crippen LogP contribution in [0, 0.1) is 0 Å². The standard InChI is InChI=1S/C63H41N5S/c1-4-12-43(13-5-1)55-34-31-44-26-27-45-32-35-56(65-60(45)59(44)64-55)52-37-50(36-51(38-52)49-30-33-54-53-18-10-11-19-57(53)69-58(54)39-49)42-22-20-40(21-23-42)41-24-28-48(29-25-41)63-67-61(46-14-6-2-7-15-46)66-62(68-63)47-16-8-3-9-17-47/h1-39,63H,(H,66,67,68). The average molecular weight is 900 g/mol. The minimum atomic E-state index is -0.288. The number of aromatic nitrogens is 2. The van der Waals surface area contributed by atoms with Crippen molar-refractivity contribution in [3.8, 4) is 55.9 Å². The number of benzene rings is 9. The molecular formula is C63H41N5S. The number of aliphatic imine (C=N–C) groups is 2. The Balaban J connectivity index is 0.864. The van der Waals surface area contributed by atoms with E-state index in [0.29, 0.717) is 5.84 Å². The summed E-state index contributed by atoms with van der Waals surface area (Å²) >= 11 is 1.85. The van der Waals surface area contributed by atoms with Gasteiger partial charge in [0.15, 0.2) is 5.84 Å². The summed E-state index contributed by atoms with van der Waals surface area (Å²) in [7, 11) is 0. The largest absolute Gasteiger partial charge is 0.344 e. The molecule has 1 N–H and O–H groups in total. The van der Waals surface area contributed by atoms with Gasteiger partial charge in [-0.25, -0.2) is 20.0 Å². The first kappa shape index (κ1) is 40.4. The second-order valence-electron chi connectivity index (χ2n) is 17.5. The van der Waals surface area contributed by atoms with Crippen LogP contribution in [-0.4, -0.2) is 21.6 Å². The molecule has 9 aromatic carbocycles. The summed E-state index contributed by atoms with van der Waals surface area (Å²) in [6.07, 6.45) is -0.288.